The van der Waals surface area contributed by atoms with Gasteiger partial charge in [0.15, 0.2) is 5.96 Å². The van der Waals surface area contributed by atoms with Crippen molar-refractivity contribution in [3.8, 4) is 0 Å². The van der Waals surface area contributed by atoms with Gasteiger partial charge in [-0.05, 0) is 126 Å². The minimum atomic E-state index is -1.98. The van der Waals surface area contributed by atoms with Crippen LogP contribution in [-0.2, 0) is 75.2 Å². The van der Waals surface area contributed by atoms with E-state index >= 15 is 0 Å². The summed E-state index contributed by atoms with van der Waals surface area (Å²) in [5.41, 5.74) is 38.7. The van der Waals surface area contributed by atoms with E-state index in [4.69, 9.17) is 40.1 Å². The molecule has 0 bridgehead atoms. The number of aliphatic imine (C=N–C) groups is 1. The number of hydrogen-bond acceptors (Lipinski definition) is 17. The van der Waals surface area contributed by atoms with Gasteiger partial charge in [-0.3, -0.25) is 67.3 Å². The Bertz CT molecular complexity index is 3020. The molecule has 13 amide bonds. The Morgan fingerprint density at radius 2 is 1.14 bits per heavy atom. The molecule has 0 radical (unpaired) electrons. The summed E-state index contributed by atoms with van der Waals surface area (Å²) in [5.74, 6) is -9.86. The average Bonchev–Trinajstić information content (AvgIpc) is 1.55. The van der Waals surface area contributed by atoms with E-state index in [0.29, 0.717) is 55.4 Å². The van der Waals surface area contributed by atoms with Gasteiger partial charge in [0.25, 0.3) is 0 Å². The van der Waals surface area contributed by atoms with Crippen molar-refractivity contribution < 1.29 is 62.3 Å². The quantitative estimate of drug-likeness (QED) is 0.0176. The molecule has 2 heterocycles. The molecule has 530 valence electrons. The number of nitrogens with zero attached hydrogens (tertiary/aromatic N) is 3. The van der Waals surface area contributed by atoms with Crippen LogP contribution < -0.4 is 82.7 Å². The highest BCUT2D eigenvalue weighted by atomic mass is 32.2. The molecule has 22 N–H and O–H groups in total. The Morgan fingerprint density at radius 3 is 1.68 bits per heavy atom. The van der Waals surface area contributed by atoms with Crippen molar-refractivity contribution in [3.63, 3.8) is 0 Å². The summed E-state index contributed by atoms with van der Waals surface area (Å²) in [5, 5.41) is 21.3. The maximum absolute atomic E-state index is 15.0. The zero-order chi connectivity index (χ0) is 71.1. The molecule has 0 aliphatic carbocycles. The summed E-state index contributed by atoms with van der Waals surface area (Å²) in [6.45, 7) is 5.23. The Hall–Kier alpha value is -8.91. The number of thioether (sulfide) groups is 1. The van der Waals surface area contributed by atoms with Gasteiger partial charge in [-0.25, -0.2) is 0 Å². The fraction of sp³-hybridized carbons (Fsp3) is 0.594. The van der Waals surface area contributed by atoms with Gasteiger partial charge >= 0.3 is 0 Å². The van der Waals surface area contributed by atoms with Gasteiger partial charge in [0.1, 0.15) is 53.9 Å². The number of carbonyl (C=O) groups is 13. The zero-order valence-electron chi connectivity index (χ0n) is 55.4. The minimum absolute atomic E-state index is 0.0712. The molecule has 2 aliphatic rings. The lowest BCUT2D eigenvalue weighted by Crippen LogP contribution is -2.65. The third-order valence-electron chi connectivity index (χ3n) is 16.4. The number of unbranched alkanes of at least 4 members (excludes halogenated alkanes) is 1. The second kappa shape index (κ2) is 40.5. The summed E-state index contributed by atoms with van der Waals surface area (Å²) >= 11 is 1.45. The summed E-state index contributed by atoms with van der Waals surface area (Å²) in [6.07, 6.45) is 3.03. The van der Waals surface area contributed by atoms with E-state index in [9.17, 15) is 62.3 Å². The zero-order valence-corrected chi connectivity index (χ0v) is 56.2. The molecule has 2 aliphatic heterocycles. The standard InChI is InChI=1S/C64H100N18O13S/c1-38(2)34-46(56(89)75-42(53(69)86)28-33-96-4)74-52(85)37-73-54(87)47(35-39-16-7-5-8-17-39)79-62(95)64(3,36-40-18-9-6-10-19-40)80-57(90)44(25-27-51(68)84)76-55(88)43(24-26-50(67)83)77-58(91)49-23-15-32-82(49)61(94)45(21-11-12-29-65)78-59(92)48-22-14-31-81(48)60(93)41(66)20-13-30-72-63(70)71/h5-10,16-19,38,41-49H,11-15,20-37,65-66H2,1-4H3,(H2,67,83)(H2,68,84)(H2,69,86)(H,73,87)(H,74,85)(H,75,89)(H,76,88)(H,77,91)(H,78,92)(H,79,95)(H,80,90)(H4,70,71,72)/t41-,42-,43-,44-,45-,46-,47-,48-,49-,64-/m0/s1. The molecule has 32 heteroatoms. The van der Waals surface area contributed by atoms with Gasteiger partial charge in [-0.15, -0.1) is 0 Å². The number of carbonyl (C=O) groups excluding carboxylic acids is 13. The van der Waals surface area contributed by atoms with Gasteiger partial charge < -0.3 is 92.5 Å². The Labute approximate surface area is 564 Å². The summed E-state index contributed by atoms with van der Waals surface area (Å²) in [6, 6.07) is 5.97. The van der Waals surface area contributed by atoms with Crippen molar-refractivity contribution in [2.75, 3.05) is 44.7 Å². The van der Waals surface area contributed by atoms with Crippen LogP contribution in [0.25, 0.3) is 0 Å². The van der Waals surface area contributed by atoms with Crippen LogP contribution in [0.3, 0.4) is 0 Å². The van der Waals surface area contributed by atoms with Crippen LogP contribution >= 0.6 is 11.8 Å². The Morgan fingerprint density at radius 1 is 0.594 bits per heavy atom. The van der Waals surface area contributed by atoms with Crippen molar-refractivity contribution >= 4 is 94.5 Å². The number of amides is 13. The Balaban J connectivity index is 1.59. The number of guanidine groups is 1. The van der Waals surface area contributed by atoms with Crippen molar-refractivity contribution in [3.05, 3.63) is 71.8 Å². The highest BCUT2D eigenvalue weighted by Gasteiger charge is 2.44. The monoisotopic (exact) mass is 1360 g/mol. The predicted molar refractivity (Wildman–Crippen MR) is 360 cm³/mol. The maximum Gasteiger partial charge on any atom is 0.246 e. The molecule has 0 saturated carbocycles. The van der Waals surface area contributed by atoms with E-state index < -0.39 is 169 Å². The lowest BCUT2D eigenvalue weighted by molar-refractivity contribution is -0.144. The van der Waals surface area contributed by atoms with E-state index in [1.165, 1.54) is 28.5 Å². The number of primary amides is 3. The molecule has 0 spiro atoms. The fourth-order valence-electron chi connectivity index (χ4n) is 11.3. The number of nitrogens with one attached hydrogen (secondary N) is 8. The number of benzene rings is 2. The second-order valence-electron chi connectivity index (χ2n) is 24.8. The van der Waals surface area contributed by atoms with Crippen molar-refractivity contribution in [1.82, 2.24) is 52.3 Å². The summed E-state index contributed by atoms with van der Waals surface area (Å²) in [4.78, 5) is 186. The number of rotatable bonds is 42. The molecule has 31 nitrogen and oxygen atoms in total. The maximum atomic E-state index is 15.0. The molecule has 2 saturated heterocycles. The first-order valence-electron chi connectivity index (χ1n) is 32.5. The van der Waals surface area contributed by atoms with Crippen LogP contribution in [-0.4, -0.2) is 197 Å². The van der Waals surface area contributed by atoms with Crippen LogP contribution in [0.1, 0.15) is 128 Å². The molecule has 0 unspecified atom stereocenters. The predicted octanol–water partition coefficient (Wildman–Crippen LogP) is -3.32. The topological polar surface area (TPSA) is 519 Å². The van der Waals surface area contributed by atoms with Gasteiger partial charge in [0.2, 0.25) is 76.8 Å². The third-order valence-corrected chi connectivity index (χ3v) is 17.0. The molecular formula is C64H100N18O13S. The van der Waals surface area contributed by atoms with Crippen LogP contribution in [0.5, 0.6) is 0 Å². The van der Waals surface area contributed by atoms with E-state index in [1.807, 2.05) is 20.1 Å². The second-order valence-corrected chi connectivity index (χ2v) is 25.8. The van der Waals surface area contributed by atoms with E-state index in [0.717, 1.165) is 0 Å². The molecule has 96 heavy (non-hydrogen) atoms. The van der Waals surface area contributed by atoms with Gasteiger partial charge in [-0.1, -0.05) is 74.5 Å². The molecule has 4 rings (SSSR count). The number of hydrogen-bond donors (Lipinski definition) is 15. The van der Waals surface area contributed by atoms with Crippen LogP contribution in [0.2, 0.25) is 0 Å². The Kier molecular flexibility index (Phi) is 33.5. The first kappa shape index (κ1) is 79.5. The molecule has 2 aromatic carbocycles. The molecule has 2 aromatic rings. The molecule has 2 fully saturated rings. The largest absolute Gasteiger partial charge is 0.370 e. The van der Waals surface area contributed by atoms with E-state index in [2.05, 4.69) is 47.5 Å². The van der Waals surface area contributed by atoms with Gasteiger partial charge in [0.05, 0.1) is 12.6 Å². The first-order valence-corrected chi connectivity index (χ1v) is 33.9. The minimum Gasteiger partial charge on any atom is -0.370 e. The van der Waals surface area contributed by atoms with Crippen LogP contribution in [0.4, 0.5) is 0 Å². The lowest BCUT2D eigenvalue weighted by Gasteiger charge is -2.34. The fourth-order valence-corrected chi connectivity index (χ4v) is 11.8. The highest BCUT2D eigenvalue weighted by molar-refractivity contribution is 7.98. The average molecular weight is 1360 g/mol. The SMILES string of the molecule is CSCC[C@H](NC(=O)[C@H](CC(C)C)NC(=O)CNC(=O)[C@H](Cc1ccccc1)NC(=O)[C@](C)(Cc1ccccc1)NC(=O)[C@H](CCC(N)=O)NC(=O)[C@H](CCC(N)=O)NC(=O)[C@@H]1CCCN1C(=O)[C@H](CCCCN)NC(=O)[C@@H]1CCCN1C(=O)[C@@H](N)CCCN=C(N)N)C(N)=O. The van der Waals surface area contributed by atoms with Crippen LogP contribution in [0, 0.1) is 5.92 Å². The summed E-state index contributed by atoms with van der Waals surface area (Å²) in [7, 11) is 0. The smallest absolute Gasteiger partial charge is 0.246 e. The van der Waals surface area contributed by atoms with E-state index in [1.54, 1.807) is 60.7 Å². The molecular weight excluding hydrogens is 1260 g/mol. The van der Waals surface area contributed by atoms with Crippen molar-refractivity contribution in [2.45, 2.75) is 190 Å². The van der Waals surface area contributed by atoms with Crippen LogP contribution in [0.15, 0.2) is 65.7 Å². The highest BCUT2D eigenvalue weighted by Crippen LogP contribution is 2.24. The number of nitrogens with two attached hydrogens (primary N) is 7. The summed E-state index contributed by atoms with van der Waals surface area (Å²) < 4.78 is 0. The lowest BCUT2D eigenvalue weighted by atomic mass is 9.90. The number of likely N-dealkylation sites (tertiary alicyclic amines) is 2. The first-order chi connectivity index (χ1) is 45.6. The van der Waals surface area contributed by atoms with Crippen molar-refractivity contribution in [1.29, 1.82) is 0 Å². The van der Waals surface area contributed by atoms with Crippen molar-refractivity contribution in [2.24, 2.45) is 51.0 Å². The molecule has 0 aromatic heterocycles. The molecule has 10 atom stereocenters. The third kappa shape index (κ3) is 26.7. The normalized spacial score (nSPS) is 17.1. The van der Waals surface area contributed by atoms with E-state index in [-0.39, 0.29) is 83.0 Å². The van der Waals surface area contributed by atoms with Gasteiger partial charge in [-0.2, -0.15) is 11.8 Å². The van der Waals surface area contributed by atoms with Gasteiger partial charge in [0, 0.05) is 45.3 Å².